The van der Waals surface area contributed by atoms with Gasteiger partial charge in [0, 0.05) is 29.6 Å². The molecule has 0 aliphatic rings. The topological polar surface area (TPSA) is 65.1 Å². The minimum absolute atomic E-state index is 0.204. The number of aryl methyl sites for hydroxylation is 1. The fourth-order valence-corrected chi connectivity index (χ4v) is 4.19. The molecule has 0 fully saturated rings. The Labute approximate surface area is 200 Å². The van der Waals surface area contributed by atoms with Gasteiger partial charge in [-0.05, 0) is 56.5 Å². The van der Waals surface area contributed by atoms with Gasteiger partial charge in [0.1, 0.15) is 0 Å². The standard InChI is InChI=1S/C26H35NO5S/c1-6-22(26(28)32-7-2)19-27(16-17-33(29)23-11-8-20(3)9-12-23)15-14-21-10-13-24(30-4)25(18-21)31-5/h8-13,16-18,22H,6-7,14-15,19H2,1-5H3/b17-16-/t22?,33-/m1/s1. The molecule has 2 aromatic carbocycles. The highest BCUT2D eigenvalue weighted by Gasteiger charge is 2.20. The summed E-state index contributed by atoms with van der Waals surface area (Å²) in [6.07, 6.45) is 3.22. The molecule has 0 N–H and O–H groups in total. The van der Waals surface area contributed by atoms with E-state index in [1.54, 1.807) is 19.6 Å². The summed E-state index contributed by atoms with van der Waals surface area (Å²) in [5.41, 5.74) is 2.20. The van der Waals surface area contributed by atoms with Crippen LogP contribution in [0.1, 0.15) is 31.4 Å². The lowest BCUT2D eigenvalue weighted by Crippen LogP contribution is -2.32. The first-order valence-corrected chi connectivity index (χ1v) is 12.4. The maximum atomic E-state index is 12.8. The third-order valence-electron chi connectivity index (χ3n) is 5.35. The molecule has 0 saturated heterocycles. The van der Waals surface area contributed by atoms with Gasteiger partial charge in [0.25, 0.3) is 0 Å². The third-order valence-corrected chi connectivity index (χ3v) is 6.46. The number of methoxy groups -OCH3 is 2. The van der Waals surface area contributed by atoms with E-state index in [0.717, 1.165) is 22.4 Å². The fourth-order valence-electron chi connectivity index (χ4n) is 3.34. The van der Waals surface area contributed by atoms with E-state index in [0.29, 0.717) is 37.6 Å². The number of nitrogens with zero attached hydrogens (tertiary/aromatic N) is 1. The van der Waals surface area contributed by atoms with Gasteiger partial charge >= 0.3 is 5.97 Å². The van der Waals surface area contributed by atoms with E-state index in [1.807, 2.05) is 74.3 Å². The summed E-state index contributed by atoms with van der Waals surface area (Å²) < 4.78 is 28.7. The van der Waals surface area contributed by atoms with Crippen LogP contribution in [0, 0.1) is 12.8 Å². The number of hydrogen-bond acceptors (Lipinski definition) is 6. The summed E-state index contributed by atoms with van der Waals surface area (Å²) in [4.78, 5) is 15.1. The molecule has 180 valence electrons. The summed E-state index contributed by atoms with van der Waals surface area (Å²) in [5.74, 6) is 0.896. The molecule has 0 heterocycles. The van der Waals surface area contributed by atoms with E-state index in [2.05, 4.69) is 0 Å². The van der Waals surface area contributed by atoms with Crippen LogP contribution in [0.5, 0.6) is 11.5 Å². The minimum Gasteiger partial charge on any atom is -0.493 e. The summed E-state index contributed by atoms with van der Waals surface area (Å²) in [6.45, 7) is 7.27. The van der Waals surface area contributed by atoms with Crippen LogP contribution in [-0.2, 0) is 26.8 Å². The Hall–Kier alpha value is -2.80. The SMILES string of the molecule is CCOC(=O)C(CC)CN(/C=C\[S@@](=O)c1ccc(C)cc1)CCc1ccc(OC)c(OC)c1. The first-order chi connectivity index (χ1) is 15.9. The monoisotopic (exact) mass is 473 g/mol. The number of rotatable bonds is 13. The summed E-state index contributed by atoms with van der Waals surface area (Å²) in [6, 6.07) is 13.5. The molecule has 0 bridgehead atoms. The molecule has 2 rings (SSSR count). The quantitative estimate of drug-likeness (QED) is 0.392. The number of esters is 1. The Morgan fingerprint density at radius 3 is 2.36 bits per heavy atom. The van der Waals surface area contributed by atoms with Gasteiger partial charge in [0.2, 0.25) is 0 Å². The Morgan fingerprint density at radius 2 is 1.76 bits per heavy atom. The van der Waals surface area contributed by atoms with Crippen LogP contribution < -0.4 is 9.47 Å². The minimum atomic E-state index is -1.28. The Bertz CT molecular complexity index is 942. The number of benzene rings is 2. The smallest absolute Gasteiger partial charge is 0.310 e. The number of carbonyl (C=O) groups is 1. The molecule has 2 aromatic rings. The molecule has 0 amide bonds. The van der Waals surface area contributed by atoms with Gasteiger partial charge in [0.05, 0.1) is 37.5 Å². The molecular formula is C26H35NO5S. The number of hydrogen-bond donors (Lipinski definition) is 0. The Balaban J connectivity index is 2.17. The van der Waals surface area contributed by atoms with Crippen molar-refractivity contribution in [2.75, 3.05) is 33.9 Å². The second-order valence-electron chi connectivity index (χ2n) is 7.69. The predicted octanol–water partition coefficient (Wildman–Crippen LogP) is 4.73. The van der Waals surface area contributed by atoms with Crippen molar-refractivity contribution in [3.8, 4) is 11.5 Å². The zero-order valence-electron chi connectivity index (χ0n) is 20.2. The number of carbonyl (C=O) groups excluding carboxylic acids is 1. The zero-order valence-corrected chi connectivity index (χ0v) is 21.0. The van der Waals surface area contributed by atoms with E-state index in [9.17, 15) is 9.00 Å². The van der Waals surface area contributed by atoms with Crippen molar-refractivity contribution >= 4 is 16.8 Å². The van der Waals surface area contributed by atoms with Crippen LogP contribution in [-0.4, -0.2) is 49.0 Å². The second kappa shape index (κ2) is 13.7. The number of ether oxygens (including phenoxy) is 3. The molecule has 0 saturated carbocycles. The molecule has 0 aliphatic heterocycles. The van der Waals surface area contributed by atoms with Gasteiger partial charge in [-0.15, -0.1) is 0 Å². The lowest BCUT2D eigenvalue weighted by molar-refractivity contribution is -0.148. The first-order valence-electron chi connectivity index (χ1n) is 11.2. The van der Waals surface area contributed by atoms with Gasteiger partial charge in [-0.2, -0.15) is 0 Å². The molecular weight excluding hydrogens is 438 g/mol. The van der Waals surface area contributed by atoms with Crippen molar-refractivity contribution in [3.05, 3.63) is 65.2 Å². The predicted molar refractivity (Wildman–Crippen MR) is 132 cm³/mol. The molecule has 1 unspecified atom stereocenters. The third kappa shape index (κ3) is 8.24. The van der Waals surface area contributed by atoms with Crippen molar-refractivity contribution in [2.45, 2.75) is 38.5 Å². The van der Waals surface area contributed by atoms with Crippen LogP contribution in [0.3, 0.4) is 0 Å². The normalized spacial score (nSPS) is 12.9. The van der Waals surface area contributed by atoms with Crippen molar-refractivity contribution in [1.82, 2.24) is 4.90 Å². The highest BCUT2D eigenvalue weighted by molar-refractivity contribution is 7.88. The van der Waals surface area contributed by atoms with Gasteiger partial charge < -0.3 is 19.1 Å². The van der Waals surface area contributed by atoms with E-state index >= 15 is 0 Å². The molecule has 6 nitrogen and oxygen atoms in total. The lowest BCUT2D eigenvalue weighted by atomic mass is 10.1. The maximum absolute atomic E-state index is 12.8. The Morgan fingerprint density at radius 1 is 1.06 bits per heavy atom. The largest absolute Gasteiger partial charge is 0.493 e. The maximum Gasteiger partial charge on any atom is 0.310 e. The van der Waals surface area contributed by atoms with Crippen LogP contribution in [0.15, 0.2) is 59.0 Å². The summed E-state index contributed by atoms with van der Waals surface area (Å²) in [7, 11) is 1.95. The fraction of sp³-hybridized carbons (Fsp3) is 0.423. The van der Waals surface area contributed by atoms with Crippen LogP contribution in [0.2, 0.25) is 0 Å². The zero-order chi connectivity index (χ0) is 24.2. The van der Waals surface area contributed by atoms with Gasteiger partial charge in [-0.1, -0.05) is 30.7 Å². The molecule has 2 atom stereocenters. The molecule has 7 heteroatoms. The molecule has 0 spiro atoms. The lowest BCUT2D eigenvalue weighted by Gasteiger charge is -2.25. The van der Waals surface area contributed by atoms with Crippen LogP contribution in [0.4, 0.5) is 0 Å². The average Bonchev–Trinajstić information content (AvgIpc) is 2.83. The molecule has 0 radical (unpaired) electrons. The van der Waals surface area contributed by atoms with E-state index in [-0.39, 0.29) is 11.9 Å². The van der Waals surface area contributed by atoms with Gasteiger partial charge in [-0.25, -0.2) is 4.21 Å². The van der Waals surface area contributed by atoms with Gasteiger partial charge in [-0.3, -0.25) is 4.79 Å². The molecule has 0 aromatic heterocycles. The van der Waals surface area contributed by atoms with Crippen LogP contribution >= 0.6 is 0 Å². The van der Waals surface area contributed by atoms with E-state index < -0.39 is 10.8 Å². The van der Waals surface area contributed by atoms with Crippen molar-refractivity contribution in [1.29, 1.82) is 0 Å². The molecule has 0 aliphatic carbocycles. The highest BCUT2D eigenvalue weighted by atomic mass is 32.2. The summed E-state index contributed by atoms with van der Waals surface area (Å²) in [5, 5.41) is 1.68. The van der Waals surface area contributed by atoms with Gasteiger partial charge in [0.15, 0.2) is 11.5 Å². The van der Waals surface area contributed by atoms with Crippen molar-refractivity contribution in [2.24, 2.45) is 5.92 Å². The average molecular weight is 474 g/mol. The van der Waals surface area contributed by atoms with E-state index in [1.165, 1.54) is 0 Å². The summed E-state index contributed by atoms with van der Waals surface area (Å²) >= 11 is 0. The highest BCUT2D eigenvalue weighted by Crippen LogP contribution is 2.27. The Kier molecular flexibility index (Phi) is 11.0. The van der Waals surface area contributed by atoms with Crippen LogP contribution in [0.25, 0.3) is 0 Å². The molecule has 33 heavy (non-hydrogen) atoms. The second-order valence-corrected chi connectivity index (χ2v) is 9.03. The van der Waals surface area contributed by atoms with E-state index in [4.69, 9.17) is 14.2 Å². The van der Waals surface area contributed by atoms with Crippen molar-refractivity contribution in [3.63, 3.8) is 0 Å². The van der Waals surface area contributed by atoms with Crippen molar-refractivity contribution < 1.29 is 23.2 Å². The first kappa shape index (κ1) is 26.5.